The number of rotatable bonds is 7. The molecule has 5 heteroatoms. The molecule has 1 aliphatic rings. The van der Waals surface area contributed by atoms with Crippen LogP contribution in [0.25, 0.3) is 0 Å². The van der Waals surface area contributed by atoms with Crippen LogP contribution in [0.3, 0.4) is 0 Å². The van der Waals surface area contributed by atoms with Gasteiger partial charge < -0.3 is 9.05 Å². The van der Waals surface area contributed by atoms with Gasteiger partial charge in [0.05, 0.1) is 13.2 Å². The molecule has 106 valence electrons. The van der Waals surface area contributed by atoms with Crippen molar-refractivity contribution in [2.45, 2.75) is 52.6 Å². The lowest BCUT2D eigenvalue weighted by Crippen LogP contribution is -2.20. The lowest BCUT2D eigenvalue weighted by atomic mass is 10.2. The second kappa shape index (κ2) is 6.83. The lowest BCUT2D eigenvalue weighted by molar-refractivity contribution is -0.117. The summed E-state index contributed by atoms with van der Waals surface area (Å²) in [5.74, 6) is 0.254. The molecule has 1 aliphatic carbocycles. The van der Waals surface area contributed by atoms with Crippen LogP contribution in [0.15, 0.2) is 0 Å². The van der Waals surface area contributed by atoms with Gasteiger partial charge in [-0.25, -0.2) is 0 Å². The second-order valence-corrected chi connectivity index (χ2v) is 7.76. The average molecular weight is 277 g/mol. The molecule has 0 amide bonds. The van der Waals surface area contributed by atoms with Crippen LogP contribution in [0, 0.1) is 11.8 Å². The number of ketones is 1. The molecule has 0 aromatic heterocycles. The van der Waals surface area contributed by atoms with Crippen LogP contribution in [0.2, 0.25) is 0 Å². The maximum absolute atomic E-state index is 12.9. The quantitative estimate of drug-likeness (QED) is 0.666. The molecule has 4 nitrogen and oxygen atoms in total. The number of hydrogen-bond donors (Lipinski definition) is 0. The summed E-state index contributed by atoms with van der Waals surface area (Å²) in [4.78, 5) is 11.9. The molecule has 0 spiro atoms. The van der Waals surface area contributed by atoms with Gasteiger partial charge in [-0.15, -0.1) is 0 Å². The van der Waals surface area contributed by atoms with Crippen LogP contribution in [-0.2, 0) is 18.4 Å². The summed E-state index contributed by atoms with van der Waals surface area (Å²) in [7, 11) is -3.52. The van der Waals surface area contributed by atoms with Crippen LogP contribution in [0.1, 0.15) is 48.3 Å². The van der Waals surface area contributed by atoms with Crippen molar-refractivity contribution < 1.29 is 19.8 Å². The van der Waals surface area contributed by atoms with E-state index in [4.69, 9.17) is 10.4 Å². The normalized spacial score (nSPS) is 26.1. The smallest absolute Gasteiger partial charge is 0.308 e. The highest BCUT2D eigenvalue weighted by molar-refractivity contribution is 7.55. The fourth-order valence-corrected chi connectivity index (χ4v) is 3.97. The zero-order valence-corrected chi connectivity index (χ0v) is 12.6. The molecule has 0 bridgehead atoms. The summed E-state index contributed by atoms with van der Waals surface area (Å²) in [6.07, 6.45) is 0.0836. The van der Waals surface area contributed by atoms with Crippen LogP contribution in [0.5, 0.6) is 0 Å². The zero-order valence-electron chi connectivity index (χ0n) is 12.7. The predicted molar refractivity (Wildman–Crippen MR) is 71.8 cm³/mol. The first-order valence-corrected chi connectivity index (χ1v) is 8.21. The standard InChI is InChI=1S/C13H25O4P/c1-10(2)8-16-18(15,17-9-11(3)4)13-7-5-6-12(13)14/h10-11,13H,5-9H2,1-4H3/i7D. The number of hydrogen-bond acceptors (Lipinski definition) is 4. The topological polar surface area (TPSA) is 52.6 Å². The SMILES string of the molecule is [2H]C1CCC(=O)C1P(=O)(OCC(C)C)OCC(C)C. The number of Topliss-reactive ketones (excluding diaryl/α,β-unsaturated/α-hetero) is 1. The van der Waals surface area contributed by atoms with Crippen molar-refractivity contribution in [2.75, 3.05) is 13.2 Å². The van der Waals surface area contributed by atoms with E-state index in [2.05, 4.69) is 0 Å². The van der Waals surface area contributed by atoms with Gasteiger partial charge in [-0.3, -0.25) is 9.36 Å². The Bertz CT molecular complexity index is 341. The number of carbonyl (C=O) groups excluding carboxylic acids is 1. The molecule has 1 saturated carbocycles. The second-order valence-electron chi connectivity index (χ2n) is 5.60. The van der Waals surface area contributed by atoms with Crippen molar-refractivity contribution in [3.8, 4) is 0 Å². The van der Waals surface area contributed by atoms with Gasteiger partial charge in [0.15, 0.2) is 0 Å². The zero-order chi connectivity index (χ0) is 14.6. The predicted octanol–water partition coefficient (Wildman–Crippen LogP) is 3.65. The Morgan fingerprint density at radius 1 is 1.28 bits per heavy atom. The van der Waals surface area contributed by atoms with Gasteiger partial charge in [0, 0.05) is 7.79 Å². The molecular formula is C13H25O4P. The molecule has 2 unspecified atom stereocenters. The summed E-state index contributed by atoms with van der Waals surface area (Å²) < 4.78 is 31.7. The van der Waals surface area contributed by atoms with Gasteiger partial charge in [-0.2, -0.15) is 0 Å². The molecule has 2 atom stereocenters. The van der Waals surface area contributed by atoms with Gasteiger partial charge in [-0.1, -0.05) is 27.7 Å². The molecule has 0 heterocycles. The van der Waals surface area contributed by atoms with E-state index in [9.17, 15) is 9.36 Å². The van der Waals surface area contributed by atoms with E-state index in [-0.39, 0.29) is 30.8 Å². The first kappa shape index (κ1) is 14.2. The van der Waals surface area contributed by atoms with E-state index in [1.807, 2.05) is 27.7 Å². The van der Waals surface area contributed by atoms with Gasteiger partial charge in [-0.05, 0) is 24.7 Å². The summed E-state index contributed by atoms with van der Waals surface area (Å²) in [5.41, 5.74) is -0.898. The summed E-state index contributed by atoms with van der Waals surface area (Å²) in [6.45, 7) is 8.35. The van der Waals surface area contributed by atoms with Crippen LogP contribution < -0.4 is 0 Å². The Hall–Kier alpha value is -0.180. The largest absolute Gasteiger partial charge is 0.341 e. The van der Waals surface area contributed by atoms with E-state index in [1.165, 1.54) is 0 Å². The van der Waals surface area contributed by atoms with Crippen LogP contribution in [0.4, 0.5) is 0 Å². The third-order valence-electron chi connectivity index (χ3n) is 2.63. The molecule has 0 saturated heterocycles. The van der Waals surface area contributed by atoms with Crippen LogP contribution in [-0.4, -0.2) is 24.7 Å². The van der Waals surface area contributed by atoms with Gasteiger partial charge in [0.2, 0.25) is 0 Å². The monoisotopic (exact) mass is 277 g/mol. The van der Waals surface area contributed by atoms with E-state index >= 15 is 0 Å². The van der Waals surface area contributed by atoms with E-state index in [0.29, 0.717) is 12.8 Å². The Kier molecular flexibility index (Phi) is 5.40. The Balaban J connectivity index is 2.83. The third kappa shape index (κ3) is 4.49. The first-order valence-electron chi connectivity index (χ1n) is 7.17. The van der Waals surface area contributed by atoms with E-state index < -0.39 is 19.7 Å². The molecule has 0 radical (unpaired) electrons. The molecule has 0 aromatic carbocycles. The summed E-state index contributed by atoms with van der Waals surface area (Å²) >= 11 is 0. The number of carbonyl (C=O) groups is 1. The fourth-order valence-electron chi connectivity index (χ4n) is 1.67. The lowest BCUT2D eigenvalue weighted by Gasteiger charge is -2.24. The van der Waals surface area contributed by atoms with Crippen LogP contribution >= 0.6 is 7.60 Å². The average Bonchev–Trinajstić information content (AvgIpc) is 2.64. The molecule has 1 rings (SSSR count). The van der Waals surface area contributed by atoms with Crippen molar-refractivity contribution in [1.29, 1.82) is 0 Å². The van der Waals surface area contributed by atoms with Gasteiger partial charge in [0.25, 0.3) is 0 Å². The van der Waals surface area contributed by atoms with E-state index in [0.717, 1.165) is 0 Å². The highest BCUT2D eigenvalue weighted by Gasteiger charge is 2.43. The minimum Gasteiger partial charge on any atom is -0.308 e. The molecule has 0 N–H and O–H groups in total. The minimum absolute atomic E-state index is 0.157. The Morgan fingerprint density at radius 3 is 2.11 bits per heavy atom. The van der Waals surface area contributed by atoms with Crippen molar-refractivity contribution in [1.82, 2.24) is 0 Å². The van der Waals surface area contributed by atoms with E-state index in [1.54, 1.807) is 0 Å². The minimum atomic E-state index is -3.52. The molecule has 0 aromatic rings. The van der Waals surface area contributed by atoms with Gasteiger partial charge in [0.1, 0.15) is 11.4 Å². The molecule has 0 aliphatic heterocycles. The molecule has 18 heavy (non-hydrogen) atoms. The van der Waals surface area contributed by atoms with Crippen molar-refractivity contribution in [2.24, 2.45) is 11.8 Å². The third-order valence-corrected chi connectivity index (χ3v) is 4.82. The Morgan fingerprint density at radius 2 is 1.78 bits per heavy atom. The van der Waals surface area contributed by atoms with Crippen molar-refractivity contribution in [3.63, 3.8) is 0 Å². The maximum atomic E-state index is 12.9. The Labute approximate surface area is 111 Å². The maximum Gasteiger partial charge on any atom is 0.341 e. The summed E-state index contributed by atoms with van der Waals surface area (Å²) in [6, 6.07) is 0. The van der Waals surface area contributed by atoms with Crippen molar-refractivity contribution in [3.05, 3.63) is 0 Å². The molecule has 1 fully saturated rings. The first-order chi connectivity index (χ1) is 8.76. The summed E-state index contributed by atoms with van der Waals surface area (Å²) in [5, 5.41) is 0. The highest BCUT2D eigenvalue weighted by Crippen LogP contribution is 2.57. The fraction of sp³-hybridized carbons (Fsp3) is 0.923. The van der Waals surface area contributed by atoms with Gasteiger partial charge >= 0.3 is 7.60 Å². The van der Waals surface area contributed by atoms with Crippen molar-refractivity contribution >= 4 is 13.4 Å². The highest BCUT2D eigenvalue weighted by atomic mass is 31.2. The molecular weight excluding hydrogens is 251 g/mol.